The van der Waals surface area contributed by atoms with Gasteiger partial charge in [0.15, 0.2) is 11.5 Å². The van der Waals surface area contributed by atoms with E-state index in [-0.39, 0.29) is 10.6 Å². The van der Waals surface area contributed by atoms with Crippen LogP contribution in [0.5, 0.6) is 11.5 Å². The van der Waals surface area contributed by atoms with Gasteiger partial charge in [-0.15, -0.1) is 0 Å². The predicted molar refractivity (Wildman–Crippen MR) is 95.3 cm³/mol. The van der Waals surface area contributed by atoms with Gasteiger partial charge in [0.1, 0.15) is 0 Å². The van der Waals surface area contributed by atoms with Crippen molar-refractivity contribution < 1.29 is 14.4 Å². The summed E-state index contributed by atoms with van der Waals surface area (Å²) in [5, 5.41) is 10.9. The second-order valence-corrected chi connectivity index (χ2v) is 6.18. The minimum atomic E-state index is -0.347. The molecule has 3 rings (SSSR count). The van der Waals surface area contributed by atoms with E-state index in [1.165, 1.54) is 17.2 Å². The Morgan fingerprint density at radius 1 is 1.12 bits per heavy atom. The molecule has 0 saturated heterocycles. The van der Waals surface area contributed by atoms with Crippen molar-refractivity contribution in [3.8, 4) is 11.5 Å². The van der Waals surface area contributed by atoms with Gasteiger partial charge in [-0.05, 0) is 41.7 Å². The van der Waals surface area contributed by atoms with Crippen LogP contribution in [0.4, 0.5) is 5.69 Å². The van der Waals surface area contributed by atoms with Crippen molar-refractivity contribution in [1.82, 2.24) is 4.90 Å². The number of hydrogen-bond acceptors (Lipinski definition) is 5. The van der Waals surface area contributed by atoms with E-state index in [1.54, 1.807) is 26.4 Å². The van der Waals surface area contributed by atoms with Crippen LogP contribution in [-0.2, 0) is 19.4 Å². The fourth-order valence-electron chi connectivity index (χ4n) is 3.25. The molecule has 0 bridgehead atoms. The summed E-state index contributed by atoms with van der Waals surface area (Å²) >= 11 is 0. The average Bonchev–Trinajstić information content (AvgIpc) is 2.65. The zero-order chi connectivity index (χ0) is 17.8. The Kier molecular flexibility index (Phi) is 5.19. The van der Waals surface area contributed by atoms with E-state index in [0.717, 1.165) is 49.5 Å². The summed E-state index contributed by atoms with van der Waals surface area (Å²) in [6, 6.07) is 11.0. The first kappa shape index (κ1) is 17.2. The number of nitro groups is 1. The standard InChI is InChI=1S/C19H22N2O4/c1-24-18-11-15-7-9-20(13-16(15)12-19(18)25-2)8-6-14-4-3-5-17(10-14)21(22)23/h3-5,10-12H,6-9,13H2,1-2H3. The number of nitro benzene ring substituents is 1. The minimum Gasteiger partial charge on any atom is -0.493 e. The summed E-state index contributed by atoms with van der Waals surface area (Å²) < 4.78 is 10.8. The molecule has 1 aliphatic heterocycles. The van der Waals surface area contributed by atoms with Crippen LogP contribution in [-0.4, -0.2) is 37.1 Å². The van der Waals surface area contributed by atoms with Gasteiger partial charge in [0.25, 0.3) is 5.69 Å². The SMILES string of the molecule is COc1cc2c(cc1OC)CN(CCc1cccc([N+](=O)[O-])c1)CC2. The van der Waals surface area contributed by atoms with E-state index in [4.69, 9.17) is 9.47 Å². The van der Waals surface area contributed by atoms with Gasteiger partial charge in [0.2, 0.25) is 0 Å². The first-order valence-corrected chi connectivity index (χ1v) is 8.30. The van der Waals surface area contributed by atoms with Crippen molar-refractivity contribution in [3.63, 3.8) is 0 Å². The lowest BCUT2D eigenvalue weighted by atomic mass is 9.98. The van der Waals surface area contributed by atoms with Crippen LogP contribution >= 0.6 is 0 Å². The molecule has 0 aliphatic carbocycles. The van der Waals surface area contributed by atoms with Crippen LogP contribution in [0.1, 0.15) is 16.7 Å². The zero-order valence-electron chi connectivity index (χ0n) is 14.5. The molecule has 2 aromatic carbocycles. The van der Waals surface area contributed by atoms with Crippen LogP contribution in [0.15, 0.2) is 36.4 Å². The Balaban J connectivity index is 1.67. The molecule has 0 fully saturated rings. The Morgan fingerprint density at radius 3 is 2.52 bits per heavy atom. The monoisotopic (exact) mass is 342 g/mol. The van der Waals surface area contributed by atoms with Crippen LogP contribution in [0.3, 0.4) is 0 Å². The van der Waals surface area contributed by atoms with Crippen LogP contribution in [0.2, 0.25) is 0 Å². The van der Waals surface area contributed by atoms with E-state index in [0.29, 0.717) is 0 Å². The molecule has 0 radical (unpaired) electrons. The largest absolute Gasteiger partial charge is 0.493 e. The Bertz CT molecular complexity index is 776. The maximum atomic E-state index is 10.9. The van der Waals surface area contributed by atoms with Gasteiger partial charge < -0.3 is 9.47 Å². The van der Waals surface area contributed by atoms with Crippen molar-refractivity contribution in [2.75, 3.05) is 27.3 Å². The Hall–Kier alpha value is -2.60. The summed E-state index contributed by atoms with van der Waals surface area (Å²) in [6.07, 6.45) is 1.76. The fraction of sp³-hybridized carbons (Fsp3) is 0.368. The van der Waals surface area contributed by atoms with Crippen molar-refractivity contribution in [2.24, 2.45) is 0 Å². The number of fused-ring (bicyclic) bond motifs is 1. The third kappa shape index (κ3) is 3.91. The molecule has 0 atom stereocenters. The number of methoxy groups -OCH3 is 2. The molecular formula is C19H22N2O4. The van der Waals surface area contributed by atoms with Crippen molar-refractivity contribution >= 4 is 5.69 Å². The molecule has 1 heterocycles. The van der Waals surface area contributed by atoms with Gasteiger partial charge in [-0.1, -0.05) is 12.1 Å². The number of nitrogens with zero attached hydrogens (tertiary/aromatic N) is 2. The molecule has 6 nitrogen and oxygen atoms in total. The van der Waals surface area contributed by atoms with Crippen LogP contribution in [0.25, 0.3) is 0 Å². The average molecular weight is 342 g/mol. The smallest absolute Gasteiger partial charge is 0.269 e. The summed E-state index contributed by atoms with van der Waals surface area (Å²) in [5.41, 5.74) is 3.69. The Morgan fingerprint density at radius 2 is 1.84 bits per heavy atom. The number of hydrogen-bond donors (Lipinski definition) is 0. The highest BCUT2D eigenvalue weighted by atomic mass is 16.6. The van der Waals surface area contributed by atoms with Crippen LogP contribution in [0, 0.1) is 10.1 Å². The Labute approximate surface area is 147 Å². The predicted octanol–water partition coefficient (Wildman–Crippen LogP) is 3.21. The first-order valence-electron chi connectivity index (χ1n) is 8.30. The normalized spacial score (nSPS) is 14.0. The number of non-ortho nitro benzene ring substituents is 1. The molecule has 1 aliphatic rings. The molecule has 0 amide bonds. The molecule has 0 spiro atoms. The molecule has 0 saturated carbocycles. The summed E-state index contributed by atoms with van der Waals surface area (Å²) in [6.45, 7) is 2.69. The lowest BCUT2D eigenvalue weighted by Crippen LogP contribution is -2.32. The second-order valence-electron chi connectivity index (χ2n) is 6.18. The van der Waals surface area contributed by atoms with E-state index >= 15 is 0 Å². The minimum absolute atomic E-state index is 0.151. The van der Waals surface area contributed by atoms with E-state index in [9.17, 15) is 10.1 Å². The number of rotatable bonds is 6. The summed E-state index contributed by atoms with van der Waals surface area (Å²) in [5.74, 6) is 1.52. The lowest BCUT2D eigenvalue weighted by molar-refractivity contribution is -0.384. The summed E-state index contributed by atoms with van der Waals surface area (Å²) in [4.78, 5) is 12.9. The van der Waals surface area contributed by atoms with Crippen LogP contribution < -0.4 is 9.47 Å². The van der Waals surface area contributed by atoms with Crippen molar-refractivity contribution in [1.29, 1.82) is 0 Å². The summed E-state index contributed by atoms with van der Waals surface area (Å²) in [7, 11) is 3.30. The second kappa shape index (κ2) is 7.53. The molecule has 2 aromatic rings. The van der Waals surface area contributed by atoms with Gasteiger partial charge in [0, 0.05) is 31.8 Å². The zero-order valence-corrected chi connectivity index (χ0v) is 14.5. The quantitative estimate of drug-likeness (QED) is 0.596. The third-order valence-corrected chi connectivity index (χ3v) is 4.64. The van der Waals surface area contributed by atoms with Crippen molar-refractivity contribution in [3.05, 3.63) is 63.2 Å². The highest BCUT2D eigenvalue weighted by molar-refractivity contribution is 5.48. The van der Waals surface area contributed by atoms with Crippen molar-refractivity contribution in [2.45, 2.75) is 19.4 Å². The molecule has 0 N–H and O–H groups in total. The number of ether oxygens (including phenoxy) is 2. The van der Waals surface area contributed by atoms with E-state index < -0.39 is 0 Å². The van der Waals surface area contributed by atoms with Gasteiger partial charge >= 0.3 is 0 Å². The molecule has 25 heavy (non-hydrogen) atoms. The molecular weight excluding hydrogens is 320 g/mol. The molecule has 0 unspecified atom stereocenters. The first-order chi connectivity index (χ1) is 12.1. The molecule has 132 valence electrons. The number of benzene rings is 2. The fourth-order valence-corrected chi connectivity index (χ4v) is 3.25. The molecule has 0 aromatic heterocycles. The van der Waals surface area contributed by atoms with E-state index in [1.807, 2.05) is 12.1 Å². The van der Waals surface area contributed by atoms with Gasteiger partial charge in [-0.2, -0.15) is 0 Å². The maximum absolute atomic E-state index is 10.9. The molecule has 6 heteroatoms. The van der Waals surface area contributed by atoms with Gasteiger partial charge in [-0.25, -0.2) is 0 Å². The van der Waals surface area contributed by atoms with Gasteiger partial charge in [-0.3, -0.25) is 15.0 Å². The highest BCUT2D eigenvalue weighted by Gasteiger charge is 2.19. The lowest BCUT2D eigenvalue weighted by Gasteiger charge is -2.29. The maximum Gasteiger partial charge on any atom is 0.269 e. The topological polar surface area (TPSA) is 64.8 Å². The third-order valence-electron chi connectivity index (χ3n) is 4.64. The highest BCUT2D eigenvalue weighted by Crippen LogP contribution is 2.33. The van der Waals surface area contributed by atoms with E-state index in [2.05, 4.69) is 11.0 Å². The van der Waals surface area contributed by atoms with Gasteiger partial charge in [0.05, 0.1) is 19.1 Å².